The molecular weight excluding hydrogens is 280 g/mol. The zero-order valence-electron chi connectivity index (χ0n) is 14.5. The smallest absolute Gasteiger partial charge is 0.337 e. The van der Waals surface area contributed by atoms with Crippen molar-refractivity contribution in [2.45, 2.75) is 47.1 Å². The number of benzene rings is 1. The number of fused-ring (bicyclic) bond motifs is 1. The Labute approximate surface area is 133 Å². The Hall–Kier alpha value is -1.88. The number of nitrogens with zero attached hydrogens (tertiary/aromatic N) is 1. The molecule has 5 nitrogen and oxygen atoms in total. The SMILES string of the molecule is CC.CC.COC(=O)c1ccc2c(c1)[C@@H](N)CCN2C(C)=O. The van der Waals surface area contributed by atoms with Crippen molar-refractivity contribution in [1.29, 1.82) is 0 Å². The average Bonchev–Trinajstić information content (AvgIpc) is 2.57. The first-order valence-corrected chi connectivity index (χ1v) is 7.80. The van der Waals surface area contributed by atoms with E-state index in [-0.39, 0.29) is 11.9 Å². The Kier molecular flexibility index (Phi) is 9.10. The summed E-state index contributed by atoms with van der Waals surface area (Å²) in [6, 6.07) is 4.96. The molecule has 0 aliphatic carbocycles. The van der Waals surface area contributed by atoms with E-state index in [1.807, 2.05) is 27.7 Å². The van der Waals surface area contributed by atoms with Gasteiger partial charge < -0.3 is 15.4 Å². The van der Waals surface area contributed by atoms with Gasteiger partial charge in [0.2, 0.25) is 5.91 Å². The van der Waals surface area contributed by atoms with E-state index in [4.69, 9.17) is 5.73 Å². The van der Waals surface area contributed by atoms with Crippen LogP contribution in [0.25, 0.3) is 0 Å². The van der Waals surface area contributed by atoms with Crippen molar-refractivity contribution < 1.29 is 14.3 Å². The van der Waals surface area contributed by atoms with E-state index in [2.05, 4.69) is 4.74 Å². The molecule has 1 aromatic carbocycles. The van der Waals surface area contributed by atoms with Gasteiger partial charge in [-0.25, -0.2) is 4.79 Å². The lowest BCUT2D eigenvalue weighted by molar-refractivity contribution is -0.116. The van der Waals surface area contributed by atoms with Gasteiger partial charge >= 0.3 is 5.97 Å². The summed E-state index contributed by atoms with van der Waals surface area (Å²) in [5.41, 5.74) is 8.09. The lowest BCUT2D eigenvalue weighted by Crippen LogP contribution is -2.37. The van der Waals surface area contributed by atoms with E-state index in [0.29, 0.717) is 18.5 Å². The standard InChI is InChI=1S/C13H16N2O3.2C2H6/c1-8(16)15-6-5-11(14)10-7-9(13(17)18-2)3-4-12(10)15;2*1-2/h3-4,7,11H,5-6,14H2,1-2H3;2*1-2H3/t11-;;/m0../s1. The predicted octanol–water partition coefficient (Wildman–Crippen LogP) is 3.28. The van der Waals surface area contributed by atoms with E-state index < -0.39 is 5.97 Å². The highest BCUT2D eigenvalue weighted by Gasteiger charge is 2.25. The highest BCUT2D eigenvalue weighted by Crippen LogP contribution is 2.33. The molecule has 0 fully saturated rings. The van der Waals surface area contributed by atoms with Gasteiger partial charge in [0.1, 0.15) is 0 Å². The molecule has 0 aromatic heterocycles. The lowest BCUT2D eigenvalue weighted by Gasteiger charge is -2.32. The van der Waals surface area contributed by atoms with Crippen molar-refractivity contribution in [2.24, 2.45) is 5.73 Å². The highest BCUT2D eigenvalue weighted by atomic mass is 16.5. The maximum absolute atomic E-state index is 11.5. The summed E-state index contributed by atoms with van der Waals surface area (Å²) in [5.74, 6) is -0.418. The Bertz CT molecular complexity index is 501. The number of carbonyl (C=O) groups is 2. The second kappa shape index (κ2) is 9.95. The first kappa shape index (κ1) is 20.1. The summed E-state index contributed by atoms with van der Waals surface area (Å²) in [6.07, 6.45) is 0.692. The van der Waals surface area contributed by atoms with E-state index in [9.17, 15) is 9.59 Å². The molecule has 2 N–H and O–H groups in total. The molecule has 124 valence electrons. The van der Waals surface area contributed by atoms with Gasteiger partial charge in [-0.2, -0.15) is 0 Å². The first-order valence-electron chi connectivity index (χ1n) is 7.80. The largest absolute Gasteiger partial charge is 0.465 e. The van der Waals surface area contributed by atoms with Crippen LogP contribution < -0.4 is 10.6 Å². The molecule has 5 heteroatoms. The summed E-state index contributed by atoms with van der Waals surface area (Å²) in [7, 11) is 1.34. The number of carbonyl (C=O) groups excluding carboxylic acids is 2. The third-order valence-corrected chi connectivity index (χ3v) is 3.18. The molecule has 1 amide bonds. The minimum Gasteiger partial charge on any atom is -0.465 e. The van der Waals surface area contributed by atoms with Crippen molar-refractivity contribution >= 4 is 17.6 Å². The molecule has 2 rings (SSSR count). The minimum absolute atomic E-state index is 0.0195. The molecule has 0 saturated heterocycles. The summed E-state index contributed by atoms with van der Waals surface area (Å²) in [5, 5.41) is 0. The van der Waals surface area contributed by atoms with Crippen LogP contribution in [-0.4, -0.2) is 25.5 Å². The molecule has 1 aliphatic heterocycles. The Morgan fingerprint density at radius 1 is 1.23 bits per heavy atom. The van der Waals surface area contributed by atoms with Crippen LogP contribution in [0.5, 0.6) is 0 Å². The molecule has 0 radical (unpaired) electrons. The normalized spacial score (nSPS) is 15.4. The third kappa shape index (κ3) is 4.56. The Morgan fingerprint density at radius 3 is 2.32 bits per heavy atom. The lowest BCUT2D eigenvalue weighted by atomic mass is 9.95. The van der Waals surface area contributed by atoms with Crippen LogP contribution in [0.2, 0.25) is 0 Å². The van der Waals surface area contributed by atoms with E-state index in [1.165, 1.54) is 14.0 Å². The number of ether oxygens (including phenoxy) is 1. The van der Waals surface area contributed by atoms with Gasteiger partial charge in [0.15, 0.2) is 0 Å². The molecule has 0 unspecified atom stereocenters. The summed E-state index contributed by atoms with van der Waals surface area (Å²) in [6.45, 7) is 10.1. The maximum atomic E-state index is 11.5. The fraction of sp³-hybridized carbons (Fsp3) is 0.529. The first-order chi connectivity index (χ1) is 10.5. The number of amides is 1. The summed E-state index contributed by atoms with van der Waals surface area (Å²) in [4.78, 5) is 24.7. The molecule has 1 atom stereocenters. The zero-order valence-corrected chi connectivity index (χ0v) is 14.5. The molecule has 1 aliphatic rings. The highest BCUT2D eigenvalue weighted by molar-refractivity contribution is 5.95. The van der Waals surface area contributed by atoms with Gasteiger partial charge in [-0.05, 0) is 30.2 Å². The summed E-state index contributed by atoms with van der Waals surface area (Å²) >= 11 is 0. The molecule has 1 aromatic rings. The van der Waals surface area contributed by atoms with Crippen molar-refractivity contribution in [2.75, 3.05) is 18.6 Å². The number of rotatable bonds is 1. The van der Waals surface area contributed by atoms with E-state index in [1.54, 1.807) is 23.1 Å². The fourth-order valence-electron chi connectivity index (χ4n) is 2.21. The number of esters is 1. The van der Waals surface area contributed by atoms with Gasteiger partial charge in [0.05, 0.1) is 12.7 Å². The van der Waals surface area contributed by atoms with Gasteiger partial charge in [-0.15, -0.1) is 0 Å². The number of hydrogen-bond acceptors (Lipinski definition) is 4. The van der Waals surface area contributed by atoms with Crippen LogP contribution in [0, 0.1) is 0 Å². The van der Waals surface area contributed by atoms with Crippen molar-refractivity contribution in [3.8, 4) is 0 Å². The minimum atomic E-state index is -0.398. The molecule has 22 heavy (non-hydrogen) atoms. The number of methoxy groups -OCH3 is 1. The topological polar surface area (TPSA) is 72.6 Å². The van der Waals surface area contributed by atoms with Gasteiger partial charge in [-0.1, -0.05) is 27.7 Å². The third-order valence-electron chi connectivity index (χ3n) is 3.18. The monoisotopic (exact) mass is 308 g/mol. The van der Waals surface area contributed by atoms with Gasteiger partial charge in [0.25, 0.3) is 0 Å². The van der Waals surface area contributed by atoms with Crippen LogP contribution >= 0.6 is 0 Å². The average molecular weight is 308 g/mol. The molecular formula is C17H28N2O3. The Morgan fingerprint density at radius 2 is 1.82 bits per heavy atom. The van der Waals surface area contributed by atoms with Crippen molar-refractivity contribution in [3.63, 3.8) is 0 Å². The number of anilines is 1. The van der Waals surface area contributed by atoms with E-state index in [0.717, 1.165) is 11.3 Å². The van der Waals surface area contributed by atoms with Crippen molar-refractivity contribution in [3.05, 3.63) is 29.3 Å². The van der Waals surface area contributed by atoms with Crippen LogP contribution in [0.1, 0.15) is 63.0 Å². The van der Waals surface area contributed by atoms with E-state index >= 15 is 0 Å². The fourth-order valence-corrected chi connectivity index (χ4v) is 2.21. The van der Waals surface area contributed by atoms with Crippen LogP contribution in [0.3, 0.4) is 0 Å². The van der Waals surface area contributed by atoms with Gasteiger partial charge in [0, 0.05) is 25.2 Å². The quantitative estimate of drug-likeness (QED) is 0.808. The van der Waals surface area contributed by atoms with Crippen LogP contribution in [0.4, 0.5) is 5.69 Å². The molecule has 1 heterocycles. The van der Waals surface area contributed by atoms with Crippen molar-refractivity contribution in [1.82, 2.24) is 0 Å². The predicted molar refractivity (Wildman–Crippen MR) is 90.0 cm³/mol. The second-order valence-electron chi connectivity index (χ2n) is 4.33. The summed E-state index contributed by atoms with van der Waals surface area (Å²) < 4.78 is 4.68. The zero-order chi connectivity index (χ0) is 17.3. The van der Waals surface area contributed by atoms with Crippen LogP contribution in [0.15, 0.2) is 18.2 Å². The second-order valence-corrected chi connectivity index (χ2v) is 4.33. The molecule has 0 spiro atoms. The molecule has 0 bridgehead atoms. The van der Waals surface area contributed by atoms with Crippen LogP contribution in [-0.2, 0) is 9.53 Å². The number of hydrogen-bond donors (Lipinski definition) is 1. The number of nitrogens with two attached hydrogens (primary N) is 1. The molecule has 0 saturated carbocycles. The Balaban J connectivity index is 0.00000102. The maximum Gasteiger partial charge on any atom is 0.337 e. The van der Waals surface area contributed by atoms with Gasteiger partial charge in [-0.3, -0.25) is 4.79 Å².